The van der Waals surface area contributed by atoms with Gasteiger partial charge >= 0.3 is 0 Å². The number of amides is 1. The molecule has 0 fully saturated rings. The molecular formula is C18H17N3OS2. The molecule has 1 N–H and O–H groups in total. The summed E-state index contributed by atoms with van der Waals surface area (Å²) < 4.78 is 1.85. The Labute approximate surface area is 148 Å². The van der Waals surface area contributed by atoms with Crippen molar-refractivity contribution >= 4 is 34.8 Å². The van der Waals surface area contributed by atoms with E-state index in [4.69, 9.17) is 5.10 Å². The van der Waals surface area contributed by atoms with E-state index in [9.17, 15) is 4.79 Å². The van der Waals surface area contributed by atoms with Crippen molar-refractivity contribution in [1.82, 2.24) is 9.78 Å². The van der Waals surface area contributed by atoms with E-state index in [0.29, 0.717) is 5.75 Å². The van der Waals surface area contributed by atoms with Crippen LogP contribution in [0.2, 0.25) is 0 Å². The van der Waals surface area contributed by atoms with Gasteiger partial charge in [0, 0.05) is 5.56 Å². The summed E-state index contributed by atoms with van der Waals surface area (Å²) in [5.41, 5.74) is 5.45. The molecule has 0 bridgehead atoms. The highest BCUT2D eigenvalue weighted by atomic mass is 32.2. The summed E-state index contributed by atoms with van der Waals surface area (Å²) in [4.78, 5) is 12.2. The second-order valence-electron chi connectivity index (χ2n) is 5.89. The van der Waals surface area contributed by atoms with Crippen LogP contribution in [-0.4, -0.2) is 21.4 Å². The smallest absolute Gasteiger partial charge is 0.235 e. The number of nitrogens with zero attached hydrogens (tertiary/aromatic N) is 2. The minimum atomic E-state index is 0.0206. The van der Waals surface area contributed by atoms with Gasteiger partial charge in [-0.15, -0.1) is 11.8 Å². The lowest BCUT2D eigenvalue weighted by Gasteiger charge is -2.13. The van der Waals surface area contributed by atoms with Crippen molar-refractivity contribution < 1.29 is 4.79 Å². The average Bonchev–Trinajstić information content (AvgIpc) is 3.15. The third kappa shape index (κ3) is 2.65. The van der Waals surface area contributed by atoms with Gasteiger partial charge in [0.1, 0.15) is 5.82 Å². The number of aromatic nitrogens is 2. The van der Waals surface area contributed by atoms with Gasteiger partial charge in [-0.25, -0.2) is 4.68 Å². The molecule has 4 rings (SSSR count). The maximum Gasteiger partial charge on any atom is 0.235 e. The van der Waals surface area contributed by atoms with Gasteiger partial charge in [0.25, 0.3) is 0 Å². The number of nitrogens with one attached hydrogen (secondary N) is 1. The Hall–Kier alpha value is -2.05. The Balaban J connectivity index is 1.89. The minimum Gasteiger partial charge on any atom is -0.310 e. The van der Waals surface area contributed by atoms with Crippen LogP contribution in [0.25, 0.3) is 5.69 Å². The zero-order valence-corrected chi connectivity index (χ0v) is 15.1. The van der Waals surface area contributed by atoms with Crippen LogP contribution >= 0.6 is 23.1 Å². The lowest BCUT2D eigenvalue weighted by Crippen LogP contribution is -2.15. The molecule has 1 atom stereocenters. The van der Waals surface area contributed by atoms with E-state index >= 15 is 0 Å². The van der Waals surface area contributed by atoms with Gasteiger partial charge in [-0.1, -0.05) is 17.7 Å². The topological polar surface area (TPSA) is 46.9 Å². The highest BCUT2D eigenvalue weighted by molar-refractivity contribution is 8.00. The fraction of sp³-hybridized carbons (Fsp3) is 0.222. The molecule has 0 saturated heterocycles. The number of benzene rings is 1. The van der Waals surface area contributed by atoms with E-state index in [2.05, 4.69) is 41.2 Å². The quantitative estimate of drug-likeness (QED) is 0.744. The van der Waals surface area contributed by atoms with Crippen LogP contribution < -0.4 is 5.32 Å². The van der Waals surface area contributed by atoms with E-state index < -0.39 is 0 Å². The highest BCUT2D eigenvalue weighted by Crippen LogP contribution is 2.44. The van der Waals surface area contributed by atoms with E-state index in [-0.39, 0.29) is 11.2 Å². The first-order chi connectivity index (χ1) is 11.6. The molecule has 2 aromatic heterocycles. The number of carbonyl (C=O) groups excluding carboxylic acids is 1. The van der Waals surface area contributed by atoms with Gasteiger partial charge in [-0.2, -0.15) is 16.4 Å². The Morgan fingerprint density at radius 1 is 1.21 bits per heavy atom. The number of fused-ring (bicyclic) bond motifs is 1. The van der Waals surface area contributed by atoms with Gasteiger partial charge in [0.2, 0.25) is 5.91 Å². The molecule has 122 valence electrons. The van der Waals surface area contributed by atoms with E-state index in [1.807, 2.05) is 23.7 Å². The Morgan fingerprint density at radius 2 is 2.00 bits per heavy atom. The van der Waals surface area contributed by atoms with Gasteiger partial charge in [-0.3, -0.25) is 4.79 Å². The highest BCUT2D eigenvalue weighted by Gasteiger charge is 2.30. The number of anilines is 1. The lowest BCUT2D eigenvalue weighted by atomic mass is 10.1. The number of carbonyl (C=O) groups is 1. The number of rotatable bonds is 2. The molecule has 4 nitrogen and oxygen atoms in total. The van der Waals surface area contributed by atoms with Crippen molar-refractivity contribution in [3.05, 3.63) is 63.5 Å². The molecule has 1 amide bonds. The molecule has 0 unspecified atom stereocenters. The number of hydrogen-bond donors (Lipinski definition) is 1. The molecule has 24 heavy (non-hydrogen) atoms. The maximum absolute atomic E-state index is 12.2. The fourth-order valence-corrected chi connectivity index (χ4v) is 4.89. The number of thiophene rings is 1. The molecule has 0 spiro atoms. The summed E-state index contributed by atoms with van der Waals surface area (Å²) in [5, 5.41) is 12.1. The average molecular weight is 355 g/mol. The largest absolute Gasteiger partial charge is 0.310 e. The third-order valence-corrected chi connectivity index (χ3v) is 6.10. The summed E-state index contributed by atoms with van der Waals surface area (Å²) in [6.07, 6.45) is 0. The molecule has 3 aromatic rings. The van der Waals surface area contributed by atoms with Crippen LogP contribution in [0.5, 0.6) is 0 Å². The van der Waals surface area contributed by atoms with Gasteiger partial charge in [0.15, 0.2) is 0 Å². The lowest BCUT2D eigenvalue weighted by molar-refractivity contribution is -0.113. The SMILES string of the molecule is Cc1ccc(-n2nc(C)c3c2NC(=O)CS[C@H]3c2ccsc2)cc1. The van der Waals surface area contributed by atoms with Crippen molar-refractivity contribution in [2.45, 2.75) is 19.1 Å². The van der Waals surface area contributed by atoms with Crippen molar-refractivity contribution in [2.24, 2.45) is 0 Å². The van der Waals surface area contributed by atoms with Crippen LogP contribution in [0.3, 0.4) is 0 Å². The first kappa shape index (κ1) is 15.5. The molecular weight excluding hydrogens is 338 g/mol. The first-order valence-corrected chi connectivity index (χ1v) is 9.73. The van der Waals surface area contributed by atoms with E-state index in [1.165, 1.54) is 11.1 Å². The molecule has 6 heteroatoms. The zero-order chi connectivity index (χ0) is 16.7. The maximum atomic E-state index is 12.2. The molecule has 1 aliphatic heterocycles. The fourth-order valence-electron chi connectivity index (χ4n) is 2.94. The summed E-state index contributed by atoms with van der Waals surface area (Å²) in [5.74, 6) is 1.26. The van der Waals surface area contributed by atoms with E-state index in [1.54, 1.807) is 23.1 Å². The Bertz CT molecular complexity index is 882. The Morgan fingerprint density at radius 3 is 2.71 bits per heavy atom. The van der Waals surface area contributed by atoms with Crippen molar-refractivity contribution in [3.63, 3.8) is 0 Å². The first-order valence-electron chi connectivity index (χ1n) is 7.73. The monoisotopic (exact) mass is 355 g/mol. The second-order valence-corrected chi connectivity index (χ2v) is 7.76. The standard InChI is InChI=1S/C18H17N3OS2/c1-11-3-5-14(6-4-11)21-18-16(12(2)20-21)17(13-7-8-23-9-13)24-10-15(22)19-18/h3-9,17H,10H2,1-2H3,(H,19,22)/t17-/m0/s1. The van der Waals surface area contributed by atoms with Crippen LogP contribution in [0.4, 0.5) is 5.82 Å². The molecule has 3 heterocycles. The summed E-state index contributed by atoms with van der Waals surface area (Å²) in [6.45, 7) is 4.07. The molecule has 0 saturated carbocycles. The van der Waals surface area contributed by atoms with E-state index in [0.717, 1.165) is 22.8 Å². The van der Waals surface area contributed by atoms with Crippen molar-refractivity contribution in [1.29, 1.82) is 0 Å². The second kappa shape index (κ2) is 6.11. The van der Waals surface area contributed by atoms with Crippen LogP contribution in [-0.2, 0) is 4.79 Å². The zero-order valence-electron chi connectivity index (χ0n) is 13.4. The van der Waals surface area contributed by atoms with Crippen LogP contribution in [0, 0.1) is 13.8 Å². The van der Waals surface area contributed by atoms with Crippen molar-refractivity contribution in [2.75, 3.05) is 11.1 Å². The summed E-state index contributed by atoms with van der Waals surface area (Å²) >= 11 is 3.34. The predicted molar refractivity (Wildman–Crippen MR) is 100 cm³/mol. The van der Waals surface area contributed by atoms with Gasteiger partial charge < -0.3 is 5.32 Å². The number of thioether (sulfide) groups is 1. The van der Waals surface area contributed by atoms with Crippen molar-refractivity contribution in [3.8, 4) is 5.69 Å². The Kier molecular flexibility index (Phi) is 3.94. The van der Waals surface area contributed by atoms with Crippen LogP contribution in [0.1, 0.15) is 27.6 Å². The molecule has 0 radical (unpaired) electrons. The van der Waals surface area contributed by atoms with Crippen LogP contribution in [0.15, 0.2) is 41.1 Å². The normalized spacial score (nSPS) is 17.2. The summed E-state index contributed by atoms with van der Waals surface area (Å²) in [6, 6.07) is 10.3. The molecule has 1 aromatic carbocycles. The predicted octanol–water partition coefficient (Wildman–Crippen LogP) is 4.33. The summed E-state index contributed by atoms with van der Waals surface area (Å²) in [7, 11) is 0. The van der Waals surface area contributed by atoms with Gasteiger partial charge in [-0.05, 0) is 48.4 Å². The molecule has 0 aliphatic carbocycles. The minimum absolute atomic E-state index is 0.0206. The van der Waals surface area contributed by atoms with Gasteiger partial charge in [0.05, 0.1) is 22.4 Å². The molecule has 1 aliphatic rings. The number of hydrogen-bond acceptors (Lipinski definition) is 4. The number of aryl methyl sites for hydroxylation is 2. The third-order valence-electron chi connectivity index (χ3n) is 4.13.